The Labute approximate surface area is 111 Å². The molecule has 0 aromatic carbocycles. The topological polar surface area (TPSA) is 94.6 Å². The van der Waals surface area contributed by atoms with Crippen molar-refractivity contribution in [3.8, 4) is 0 Å². The van der Waals surface area contributed by atoms with E-state index in [9.17, 15) is 14.9 Å². The minimum atomic E-state index is -0.674. The summed E-state index contributed by atoms with van der Waals surface area (Å²) in [6, 6.07) is 2.46. The second-order valence-corrected chi connectivity index (χ2v) is 4.06. The monoisotopic (exact) mass is 270 g/mol. The highest BCUT2D eigenvalue weighted by molar-refractivity contribution is 5.91. The van der Waals surface area contributed by atoms with Crippen molar-refractivity contribution in [1.29, 1.82) is 0 Å². The lowest BCUT2D eigenvalue weighted by atomic mass is 10.2. The third-order valence-corrected chi connectivity index (χ3v) is 2.56. The van der Waals surface area contributed by atoms with Crippen molar-refractivity contribution >= 4 is 11.8 Å². The Hall–Kier alpha value is -1.89. The number of nitrogens with zero attached hydrogens (tertiary/aromatic N) is 1. The van der Waals surface area contributed by atoms with Crippen LogP contribution in [0.1, 0.15) is 36.2 Å². The molecule has 7 heteroatoms. The number of furan rings is 1. The van der Waals surface area contributed by atoms with Gasteiger partial charge in [0.15, 0.2) is 5.76 Å². The van der Waals surface area contributed by atoms with Crippen molar-refractivity contribution in [3.63, 3.8) is 0 Å². The van der Waals surface area contributed by atoms with Crippen LogP contribution in [0.3, 0.4) is 0 Å². The number of ether oxygens (including phenoxy) is 1. The maximum absolute atomic E-state index is 11.6. The fraction of sp³-hybridized carbons (Fsp3) is 0.583. The molecule has 0 spiro atoms. The molecule has 106 valence electrons. The van der Waals surface area contributed by atoms with Crippen molar-refractivity contribution in [3.05, 3.63) is 28.0 Å². The van der Waals surface area contributed by atoms with Gasteiger partial charge in [-0.15, -0.1) is 0 Å². The molecule has 7 nitrogen and oxygen atoms in total. The highest BCUT2D eigenvalue weighted by atomic mass is 16.6. The maximum atomic E-state index is 11.6. The van der Waals surface area contributed by atoms with E-state index in [4.69, 9.17) is 9.15 Å². The average molecular weight is 270 g/mol. The first-order valence-electron chi connectivity index (χ1n) is 6.16. The predicted molar refractivity (Wildman–Crippen MR) is 68.0 cm³/mol. The second kappa shape index (κ2) is 8.25. The summed E-state index contributed by atoms with van der Waals surface area (Å²) in [4.78, 5) is 21.3. The van der Waals surface area contributed by atoms with Gasteiger partial charge in [0.2, 0.25) is 0 Å². The largest absolute Gasteiger partial charge is 0.433 e. The fourth-order valence-corrected chi connectivity index (χ4v) is 1.56. The third-order valence-electron chi connectivity index (χ3n) is 2.56. The van der Waals surface area contributed by atoms with Crippen LogP contribution in [0.15, 0.2) is 16.5 Å². The van der Waals surface area contributed by atoms with Crippen LogP contribution in [0.2, 0.25) is 0 Å². The molecule has 0 fully saturated rings. The molecule has 19 heavy (non-hydrogen) atoms. The van der Waals surface area contributed by atoms with Crippen LogP contribution in [0.5, 0.6) is 0 Å². The van der Waals surface area contributed by atoms with Crippen LogP contribution in [-0.2, 0) is 4.74 Å². The number of methoxy groups -OCH3 is 1. The van der Waals surface area contributed by atoms with Crippen LogP contribution >= 0.6 is 0 Å². The molecule has 1 rings (SSSR count). The summed E-state index contributed by atoms with van der Waals surface area (Å²) in [5.74, 6) is -0.888. The number of hydrogen-bond acceptors (Lipinski definition) is 5. The Balaban J connectivity index is 2.18. The lowest BCUT2D eigenvalue weighted by Crippen LogP contribution is -2.23. The zero-order valence-electron chi connectivity index (χ0n) is 10.9. The number of nitro groups is 1. The molecule has 1 amide bonds. The van der Waals surface area contributed by atoms with Crippen LogP contribution < -0.4 is 5.32 Å². The quantitative estimate of drug-likeness (QED) is 0.421. The number of rotatable bonds is 9. The van der Waals surface area contributed by atoms with Gasteiger partial charge >= 0.3 is 5.88 Å². The highest BCUT2D eigenvalue weighted by Gasteiger charge is 2.16. The van der Waals surface area contributed by atoms with E-state index in [1.165, 1.54) is 12.1 Å². The number of unbranched alkanes of at least 4 members (excludes halogenated alkanes) is 3. The normalized spacial score (nSPS) is 10.4. The Morgan fingerprint density at radius 3 is 2.74 bits per heavy atom. The molecule has 0 aliphatic heterocycles. The highest BCUT2D eigenvalue weighted by Crippen LogP contribution is 2.15. The number of carbonyl (C=O) groups is 1. The Morgan fingerprint density at radius 2 is 2.11 bits per heavy atom. The van der Waals surface area contributed by atoms with Crippen molar-refractivity contribution in [1.82, 2.24) is 5.32 Å². The smallest absolute Gasteiger partial charge is 0.395 e. The molecular weight excluding hydrogens is 252 g/mol. The molecule has 0 saturated carbocycles. The third kappa shape index (κ3) is 5.52. The van der Waals surface area contributed by atoms with Gasteiger partial charge in [0.25, 0.3) is 5.91 Å². The molecule has 0 radical (unpaired) electrons. The molecule has 1 heterocycles. The zero-order valence-corrected chi connectivity index (χ0v) is 10.9. The number of nitrogens with one attached hydrogen (secondary N) is 1. The minimum absolute atomic E-state index is 0.0360. The Bertz CT molecular complexity index is 416. The summed E-state index contributed by atoms with van der Waals surface area (Å²) >= 11 is 0. The fourth-order valence-electron chi connectivity index (χ4n) is 1.56. The van der Waals surface area contributed by atoms with Gasteiger partial charge in [-0.05, 0) is 18.9 Å². The molecular formula is C12H18N2O5. The summed E-state index contributed by atoms with van der Waals surface area (Å²) in [7, 11) is 1.67. The van der Waals surface area contributed by atoms with E-state index in [2.05, 4.69) is 5.32 Å². The first-order chi connectivity index (χ1) is 9.15. The van der Waals surface area contributed by atoms with E-state index >= 15 is 0 Å². The Morgan fingerprint density at radius 1 is 1.37 bits per heavy atom. The number of carbonyl (C=O) groups excluding carboxylic acids is 1. The lowest BCUT2D eigenvalue weighted by molar-refractivity contribution is -0.402. The molecule has 1 aromatic rings. The second-order valence-electron chi connectivity index (χ2n) is 4.06. The zero-order chi connectivity index (χ0) is 14.1. The summed E-state index contributed by atoms with van der Waals surface area (Å²) in [5.41, 5.74) is 0. The first-order valence-corrected chi connectivity index (χ1v) is 6.16. The van der Waals surface area contributed by atoms with E-state index in [1.54, 1.807) is 7.11 Å². The predicted octanol–water partition coefficient (Wildman–Crippen LogP) is 2.12. The van der Waals surface area contributed by atoms with Gasteiger partial charge in [-0.1, -0.05) is 12.8 Å². The molecule has 0 bridgehead atoms. The molecule has 1 N–H and O–H groups in total. The van der Waals surface area contributed by atoms with Crippen molar-refractivity contribution in [2.45, 2.75) is 25.7 Å². The van der Waals surface area contributed by atoms with E-state index < -0.39 is 16.7 Å². The molecule has 0 unspecified atom stereocenters. The van der Waals surface area contributed by atoms with E-state index in [0.717, 1.165) is 32.3 Å². The van der Waals surface area contributed by atoms with Gasteiger partial charge in [-0.25, -0.2) is 0 Å². The van der Waals surface area contributed by atoms with Crippen molar-refractivity contribution in [2.24, 2.45) is 0 Å². The maximum Gasteiger partial charge on any atom is 0.433 e. The van der Waals surface area contributed by atoms with Gasteiger partial charge in [0, 0.05) is 20.3 Å². The molecule has 1 aromatic heterocycles. The molecule has 0 atom stereocenters. The van der Waals surface area contributed by atoms with Crippen LogP contribution in [0.4, 0.5) is 5.88 Å². The van der Waals surface area contributed by atoms with Gasteiger partial charge < -0.3 is 14.5 Å². The number of amides is 1. The SMILES string of the molecule is COCCCCCCNC(=O)c1ccc([N+](=O)[O-])o1. The molecule has 0 aliphatic carbocycles. The first kappa shape index (κ1) is 15.2. The summed E-state index contributed by atoms with van der Waals surface area (Å²) in [6.45, 7) is 1.28. The van der Waals surface area contributed by atoms with Crippen LogP contribution in [0, 0.1) is 10.1 Å². The van der Waals surface area contributed by atoms with Crippen molar-refractivity contribution < 1.29 is 18.9 Å². The average Bonchev–Trinajstić information content (AvgIpc) is 2.87. The Kier molecular flexibility index (Phi) is 6.59. The number of hydrogen-bond donors (Lipinski definition) is 1. The van der Waals surface area contributed by atoms with E-state index in [0.29, 0.717) is 6.54 Å². The van der Waals surface area contributed by atoms with Crippen LogP contribution in [0.25, 0.3) is 0 Å². The summed E-state index contributed by atoms with van der Waals surface area (Å²) in [5, 5.41) is 13.0. The van der Waals surface area contributed by atoms with Crippen molar-refractivity contribution in [2.75, 3.05) is 20.3 Å². The minimum Gasteiger partial charge on any atom is -0.395 e. The molecule has 0 aliphatic rings. The van der Waals surface area contributed by atoms with E-state index in [-0.39, 0.29) is 5.76 Å². The summed E-state index contributed by atoms with van der Waals surface area (Å²) in [6.07, 6.45) is 3.92. The van der Waals surface area contributed by atoms with Gasteiger partial charge in [-0.3, -0.25) is 14.9 Å². The standard InChI is InChI=1S/C12H18N2O5/c1-18-9-5-3-2-4-8-13-12(15)10-6-7-11(19-10)14(16)17/h6-7H,2-5,8-9H2,1H3,(H,13,15). The molecule has 0 saturated heterocycles. The van der Waals surface area contributed by atoms with Crippen LogP contribution in [-0.4, -0.2) is 31.1 Å². The lowest BCUT2D eigenvalue weighted by Gasteiger charge is -2.03. The van der Waals surface area contributed by atoms with E-state index in [1.807, 2.05) is 0 Å². The van der Waals surface area contributed by atoms with Gasteiger partial charge in [0.1, 0.15) is 4.92 Å². The van der Waals surface area contributed by atoms with Gasteiger partial charge in [0.05, 0.1) is 6.07 Å². The van der Waals surface area contributed by atoms with Gasteiger partial charge in [-0.2, -0.15) is 0 Å². The summed E-state index contributed by atoms with van der Waals surface area (Å²) < 4.78 is 9.72.